The Morgan fingerprint density at radius 1 is 1.38 bits per heavy atom. The fourth-order valence-corrected chi connectivity index (χ4v) is 2.01. The summed E-state index contributed by atoms with van der Waals surface area (Å²) < 4.78 is 3.97. The van der Waals surface area contributed by atoms with Gasteiger partial charge in [0.05, 0.1) is 0 Å². The van der Waals surface area contributed by atoms with E-state index in [2.05, 4.69) is 0 Å². The van der Waals surface area contributed by atoms with Gasteiger partial charge in [0.1, 0.15) is 9.75 Å². The smallest absolute Gasteiger partial charge is 0.315 e. The number of esters is 1. The van der Waals surface area contributed by atoms with Crippen molar-refractivity contribution in [3.63, 3.8) is 0 Å². The number of rotatable bonds is 3. The van der Waals surface area contributed by atoms with Crippen molar-refractivity contribution in [3.8, 4) is 0 Å². The normalized spacial score (nSPS) is 28.1. The van der Waals surface area contributed by atoms with E-state index in [-0.39, 0.29) is 5.91 Å². The Hall–Kier alpha value is -0.480. The van der Waals surface area contributed by atoms with E-state index in [1.807, 2.05) is 0 Å². The van der Waals surface area contributed by atoms with Gasteiger partial charge in [0, 0.05) is 20.5 Å². The fourth-order valence-electron chi connectivity index (χ4n) is 1.33. The second kappa shape index (κ2) is 4.08. The van der Waals surface area contributed by atoms with Gasteiger partial charge in [-0.05, 0) is 13.8 Å². The molecule has 0 aromatic heterocycles. The van der Waals surface area contributed by atoms with Gasteiger partial charge in [0.2, 0.25) is 0 Å². The zero-order valence-electron chi connectivity index (χ0n) is 9.71. The number of nitrogens with zero attached hydrogens (tertiary/aromatic N) is 1. The summed E-state index contributed by atoms with van der Waals surface area (Å²) in [5, 5.41) is 0. The number of halogens is 2. The number of ether oxygens (including phenoxy) is 1. The van der Waals surface area contributed by atoms with E-state index >= 15 is 0 Å². The summed E-state index contributed by atoms with van der Waals surface area (Å²) in [6, 6.07) is 0. The lowest BCUT2D eigenvalue weighted by molar-refractivity contribution is -0.162. The molecule has 0 aromatic rings. The number of hydrogen-bond donors (Lipinski definition) is 0. The van der Waals surface area contributed by atoms with Crippen molar-refractivity contribution in [2.75, 3.05) is 14.1 Å². The van der Waals surface area contributed by atoms with Crippen LogP contribution in [-0.2, 0) is 14.3 Å². The summed E-state index contributed by atoms with van der Waals surface area (Å²) in [5.41, 5.74) is -0.892. The number of carbonyl (C=O) groups excluding carboxylic acids is 2. The predicted octanol–water partition coefficient (Wildman–Crippen LogP) is 1.59. The van der Waals surface area contributed by atoms with Gasteiger partial charge in [-0.2, -0.15) is 0 Å². The fraction of sp³-hybridized carbons (Fsp3) is 0.800. The highest BCUT2D eigenvalue weighted by molar-refractivity contribution is 6.53. The van der Waals surface area contributed by atoms with Crippen LogP contribution in [-0.4, -0.2) is 41.3 Å². The zero-order valence-corrected chi connectivity index (χ0v) is 11.2. The van der Waals surface area contributed by atoms with E-state index in [0.29, 0.717) is 6.42 Å². The van der Waals surface area contributed by atoms with Crippen molar-refractivity contribution >= 4 is 35.1 Å². The molecule has 0 bridgehead atoms. The van der Waals surface area contributed by atoms with Crippen molar-refractivity contribution in [2.45, 2.75) is 30.7 Å². The number of carbonyl (C=O) groups is 2. The summed E-state index contributed by atoms with van der Waals surface area (Å²) in [6.45, 7) is 3.15. The molecule has 2 atom stereocenters. The second-order valence-corrected chi connectivity index (χ2v) is 5.98. The molecule has 0 radical (unpaired) electrons. The summed E-state index contributed by atoms with van der Waals surface area (Å²) in [5.74, 6) is -0.799. The summed E-state index contributed by atoms with van der Waals surface area (Å²) >= 11 is 11.7. The third-order valence-corrected chi connectivity index (χ3v) is 3.88. The Labute approximate surface area is 105 Å². The lowest BCUT2D eigenvalue weighted by atomic mass is 10.1. The molecular weight excluding hydrogens is 253 g/mol. The van der Waals surface area contributed by atoms with Gasteiger partial charge in [-0.1, -0.05) is 0 Å². The Bertz CT molecular complexity index is 330. The molecule has 0 N–H and O–H groups in total. The van der Waals surface area contributed by atoms with E-state index in [4.69, 9.17) is 27.9 Å². The van der Waals surface area contributed by atoms with E-state index in [9.17, 15) is 9.59 Å². The van der Waals surface area contributed by atoms with Gasteiger partial charge in [-0.25, -0.2) is 0 Å². The molecule has 1 aliphatic rings. The van der Waals surface area contributed by atoms with Crippen LogP contribution in [0, 0.1) is 5.41 Å². The van der Waals surface area contributed by atoms with E-state index < -0.39 is 21.8 Å². The van der Waals surface area contributed by atoms with Crippen molar-refractivity contribution in [3.05, 3.63) is 0 Å². The second-order valence-electron chi connectivity index (χ2n) is 4.49. The van der Waals surface area contributed by atoms with E-state index in [1.165, 1.54) is 11.8 Å². The molecule has 1 aliphatic carbocycles. The van der Waals surface area contributed by atoms with Crippen LogP contribution in [0.4, 0.5) is 0 Å². The molecule has 0 spiro atoms. The van der Waals surface area contributed by atoms with Crippen LogP contribution in [0.2, 0.25) is 0 Å². The lowest BCUT2D eigenvalue weighted by Crippen LogP contribution is -2.37. The highest BCUT2D eigenvalue weighted by Crippen LogP contribution is 2.64. The first kappa shape index (κ1) is 13.6. The highest BCUT2D eigenvalue weighted by Gasteiger charge is 2.69. The summed E-state index contributed by atoms with van der Waals surface area (Å²) in [7, 11) is 3.19. The van der Waals surface area contributed by atoms with Crippen LogP contribution in [0.15, 0.2) is 0 Å². The monoisotopic (exact) mass is 267 g/mol. The van der Waals surface area contributed by atoms with Crippen molar-refractivity contribution in [1.82, 2.24) is 4.90 Å². The van der Waals surface area contributed by atoms with E-state index in [0.717, 1.165) is 0 Å². The Balaban J connectivity index is 2.57. The Kier molecular flexibility index (Phi) is 3.46. The molecule has 0 saturated heterocycles. The van der Waals surface area contributed by atoms with Crippen LogP contribution < -0.4 is 0 Å². The minimum Gasteiger partial charge on any atom is -0.452 e. The number of alkyl halides is 2. The number of amides is 1. The van der Waals surface area contributed by atoms with Gasteiger partial charge < -0.3 is 9.64 Å². The molecule has 4 nitrogen and oxygen atoms in total. The third-order valence-electron chi connectivity index (χ3n) is 2.78. The summed E-state index contributed by atoms with van der Waals surface area (Å²) in [6.07, 6.45) is -0.464. The topological polar surface area (TPSA) is 46.6 Å². The van der Waals surface area contributed by atoms with Crippen LogP contribution in [0.1, 0.15) is 20.3 Å². The van der Waals surface area contributed by atoms with Crippen molar-refractivity contribution < 1.29 is 14.3 Å². The molecule has 92 valence electrons. The van der Waals surface area contributed by atoms with Crippen molar-refractivity contribution in [1.29, 1.82) is 0 Å². The van der Waals surface area contributed by atoms with Gasteiger partial charge >= 0.3 is 5.97 Å². The minimum absolute atomic E-state index is 0.271. The number of likely N-dealkylation sites (N-methyl/N-ethyl adjacent to an activating group) is 1. The first-order chi connectivity index (χ1) is 7.12. The maximum atomic E-state index is 11.7. The van der Waals surface area contributed by atoms with Crippen LogP contribution >= 0.6 is 23.2 Å². The third kappa shape index (κ3) is 2.28. The van der Waals surface area contributed by atoms with Gasteiger partial charge in [0.25, 0.3) is 5.91 Å². The predicted molar refractivity (Wildman–Crippen MR) is 61.4 cm³/mol. The molecule has 6 heteroatoms. The molecular formula is C10H15Cl2NO3. The molecule has 2 unspecified atom stereocenters. The SMILES string of the molecule is CC(OC(=O)C1(C)CC1(Cl)Cl)C(=O)N(C)C. The molecule has 1 fully saturated rings. The molecule has 1 amide bonds. The maximum absolute atomic E-state index is 11.7. The van der Waals surface area contributed by atoms with Gasteiger partial charge in [-0.15, -0.1) is 23.2 Å². The molecule has 1 rings (SSSR count). The van der Waals surface area contributed by atoms with Crippen molar-refractivity contribution in [2.24, 2.45) is 5.41 Å². The Morgan fingerprint density at radius 3 is 2.12 bits per heavy atom. The molecule has 1 saturated carbocycles. The first-order valence-electron chi connectivity index (χ1n) is 4.92. The van der Waals surface area contributed by atoms with Gasteiger partial charge in [-0.3, -0.25) is 9.59 Å². The first-order valence-corrected chi connectivity index (χ1v) is 5.67. The molecule has 16 heavy (non-hydrogen) atoms. The molecule has 0 aromatic carbocycles. The van der Waals surface area contributed by atoms with E-state index in [1.54, 1.807) is 21.0 Å². The standard InChI is InChI=1S/C10H15Cl2NO3/c1-6(7(14)13(3)4)16-8(15)9(2)5-10(9,11)12/h6H,5H2,1-4H3. The zero-order chi connectivity index (χ0) is 12.7. The summed E-state index contributed by atoms with van der Waals surface area (Å²) in [4.78, 5) is 24.6. The average Bonchev–Trinajstić information content (AvgIpc) is 2.65. The molecule has 0 heterocycles. The largest absolute Gasteiger partial charge is 0.452 e. The quantitative estimate of drug-likeness (QED) is 0.577. The van der Waals surface area contributed by atoms with Crippen LogP contribution in [0.3, 0.4) is 0 Å². The maximum Gasteiger partial charge on any atom is 0.315 e. The van der Waals surface area contributed by atoms with Crippen LogP contribution in [0.5, 0.6) is 0 Å². The van der Waals surface area contributed by atoms with Gasteiger partial charge in [0.15, 0.2) is 6.10 Å². The Morgan fingerprint density at radius 2 is 1.81 bits per heavy atom. The average molecular weight is 268 g/mol. The minimum atomic E-state index is -1.06. The number of hydrogen-bond acceptors (Lipinski definition) is 3. The lowest BCUT2D eigenvalue weighted by Gasteiger charge is -2.19. The highest BCUT2D eigenvalue weighted by atomic mass is 35.5. The van der Waals surface area contributed by atoms with Crippen LogP contribution in [0.25, 0.3) is 0 Å². The molecule has 0 aliphatic heterocycles.